The van der Waals surface area contributed by atoms with Crippen molar-refractivity contribution in [1.29, 1.82) is 0 Å². The van der Waals surface area contributed by atoms with Crippen molar-refractivity contribution in [3.8, 4) is 55.6 Å². The third-order valence-electron chi connectivity index (χ3n) is 15.5. The smallest absolute Gasteiger partial charge is 0.0713 e. The van der Waals surface area contributed by atoms with Gasteiger partial charge >= 0.3 is 0 Å². The van der Waals surface area contributed by atoms with Gasteiger partial charge in [0.05, 0.1) is 5.41 Å². The molecule has 14 rings (SSSR count). The van der Waals surface area contributed by atoms with E-state index in [2.05, 4.69) is 302 Å². The molecule has 0 radical (unpaired) electrons. The Bertz CT molecular complexity index is 4180. The minimum absolute atomic E-state index is 0.489. The van der Waals surface area contributed by atoms with E-state index in [0.717, 1.165) is 28.2 Å². The van der Waals surface area contributed by atoms with E-state index in [1.807, 2.05) is 0 Å². The van der Waals surface area contributed by atoms with Crippen LogP contribution in [0.1, 0.15) is 22.3 Å². The van der Waals surface area contributed by atoms with Gasteiger partial charge in [0.15, 0.2) is 0 Å². The van der Waals surface area contributed by atoms with Gasteiger partial charge in [-0.3, -0.25) is 0 Å². The molecule has 0 bridgehead atoms. The van der Waals surface area contributed by atoms with Gasteiger partial charge in [0.25, 0.3) is 0 Å². The molecule has 0 saturated heterocycles. The molecule has 0 heterocycles. The Hall–Kier alpha value is -9.56. The number of nitrogens with zero attached hydrogens (tertiary/aromatic N) is 1. The number of hydrogen-bond donors (Lipinski definition) is 0. The maximum atomic E-state index is 2.46. The highest BCUT2D eigenvalue weighted by Crippen LogP contribution is 2.57. The van der Waals surface area contributed by atoms with Crippen molar-refractivity contribution in [2.75, 3.05) is 4.90 Å². The summed E-state index contributed by atoms with van der Waals surface area (Å²) in [5.41, 5.74) is 20.0. The van der Waals surface area contributed by atoms with Crippen LogP contribution in [0.15, 0.2) is 297 Å². The molecule has 0 saturated carbocycles. The minimum Gasteiger partial charge on any atom is -0.310 e. The summed E-state index contributed by atoms with van der Waals surface area (Å²) in [5.74, 6) is 0. The van der Waals surface area contributed by atoms with Gasteiger partial charge in [0.2, 0.25) is 0 Å². The SMILES string of the molecule is c1ccc(-c2ccc3cc(N(c4cccc(-c5ccc6c(c5)c(-c5ccccc5)c(-c5ccccc5)c5ccccc56)c4)c4ccc5c(c4)-c4ccccc4C5(c4ccccc4)c4ccccc4)ccc3c2)cc1. The topological polar surface area (TPSA) is 3.24 Å². The van der Waals surface area contributed by atoms with Gasteiger partial charge in [-0.2, -0.15) is 0 Å². The molecule has 13 aromatic carbocycles. The maximum absolute atomic E-state index is 2.46. The summed E-state index contributed by atoms with van der Waals surface area (Å²) in [6.45, 7) is 0. The second kappa shape index (κ2) is 17.9. The van der Waals surface area contributed by atoms with Crippen molar-refractivity contribution >= 4 is 49.4 Å². The Balaban J connectivity index is 0.976. The molecule has 0 fully saturated rings. The van der Waals surface area contributed by atoms with Crippen LogP contribution in [0.3, 0.4) is 0 Å². The van der Waals surface area contributed by atoms with Crippen LogP contribution in [0.4, 0.5) is 17.1 Å². The molecule has 0 atom stereocenters. The predicted molar refractivity (Wildman–Crippen MR) is 313 cm³/mol. The molecular weight excluding hydrogens is 891 g/mol. The number of rotatable bonds is 9. The fraction of sp³-hybridized carbons (Fsp3) is 0.0137. The summed E-state index contributed by atoms with van der Waals surface area (Å²) in [6.07, 6.45) is 0. The molecule has 1 nitrogen and oxygen atoms in total. The number of hydrogen-bond acceptors (Lipinski definition) is 1. The van der Waals surface area contributed by atoms with Crippen LogP contribution in [-0.4, -0.2) is 0 Å². The van der Waals surface area contributed by atoms with Crippen molar-refractivity contribution in [3.63, 3.8) is 0 Å². The summed E-state index contributed by atoms with van der Waals surface area (Å²) >= 11 is 0. The number of fused-ring (bicyclic) bond motifs is 7. The number of anilines is 3. The van der Waals surface area contributed by atoms with Crippen LogP contribution < -0.4 is 4.90 Å². The van der Waals surface area contributed by atoms with E-state index in [-0.39, 0.29) is 0 Å². The molecule has 0 spiro atoms. The third kappa shape index (κ3) is 7.08. The molecule has 0 aromatic heterocycles. The van der Waals surface area contributed by atoms with Gasteiger partial charge in [-0.15, -0.1) is 0 Å². The second-order valence-corrected chi connectivity index (χ2v) is 19.5. The zero-order valence-corrected chi connectivity index (χ0v) is 40.7. The minimum atomic E-state index is -0.489. The zero-order valence-electron chi connectivity index (χ0n) is 40.7. The summed E-state index contributed by atoms with van der Waals surface area (Å²) in [5, 5.41) is 7.37. The second-order valence-electron chi connectivity index (χ2n) is 19.5. The summed E-state index contributed by atoms with van der Waals surface area (Å²) in [7, 11) is 0. The lowest BCUT2D eigenvalue weighted by Gasteiger charge is -2.34. The molecule has 346 valence electrons. The lowest BCUT2D eigenvalue weighted by Crippen LogP contribution is -2.28. The Kier molecular flexibility index (Phi) is 10.5. The monoisotopic (exact) mass is 939 g/mol. The average Bonchev–Trinajstić information content (AvgIpc) is 3.79. The van der Waals surface area contributed by atoms with Crippen LogP contribution in [-0.2, 0) is 5.41 Å². The van der Waals surface area contributed by atoms with Crippen molar-refractivity contribution in [1.82, 2.24) is 0 Å². The van der Waals surface area contributed by atoms with E-state index in [1.54, 1.807) is 0 Å². The lowest BCUT2D eigenvalue weighted by atomic mass is 9.68. The first-order valence-corrected chi connectivity index (χ1v) is 25.7. The van der Waals surface area contributed by atoms with Crippen molar-refractivity contribution < 1.29 is 0 Å². The van der Waals surface area contributed by atoms with Crippen LogP contribution in [0.5, 0.6) is 0 Å². The molecule has 0 N–H and O–H groups in total. The molecule has 1 heteroatoms. The Labute approximate surface area is 432 Å². The standard InChI is InChI=1S/C73H49N/c1-6-21-50(22-7-1)54-37-38-56-47-61(41-39-55(56)45-54)74(62-42-44-70-67(49-62)65-34-18-19-36-69(65)73(70,58-28-12-4-13-29-58)59-30-14-5-15-31-59)60-32-20-27-53(46-60)57-40-43-64-63-33-16-17-35-66(63)71(51-23-8-2-9-24-51)72(68(64)48-57)52-25-10-3-11-26-52/h1-49H. The van der Waals surface area contributed by atoms with Crippen LogP contribution in [0.2, 0.25) is 0 Å². The highest BCUT2D eigenvalue weighted by molar-refractivity contribution is 6.22. The van der Waals surface area contributed by atoms with Crippen LogP contribution >= 0.6 is 0 Å². The molecule has 0 unspecified atom stereocenters. The molecule has 0 amide bonds. The van der Waals surface area contributed by atoms with Gasteiger partial charge in [0.1, 0.15) is 0 Å². The van der Waals surface area contributed by atoms with Crippen LogP contribution in [0, 0.1) is 0 Å². The molecule has 74 heavy (non-hydrogen) atoms. The highest BCUT2D eigenvalue weighted by Gasteiger charge is 2.46. The molecular formula is C73H49N. The van der Waals surface area contributed by atoms with Gasteiger partial charge in [0, 0.05) is 17.1 Å². The first-order valence-electron chi connectivity index (χ1n) is 25.7. The normalized spacial score (nSPS) is 12.4. The first kappa shape index (κ1) is 43.2. The van der Waals surface area contributed by atoms with Gasteiger partial charge < -0.3 is 4.90 Å². The quantitative estimate of drug-likeness (QED) is 0.130. The zero-order chi connectivity index (χ0) is 49.0. The maximum Gasteiger partial charge on any atom is 0.0713 e. The van der Waals surface area contributed by atoms with E-state index in [9.17, 15) is 0 Å². The molecule has 1 aliphatic rings. The van der Waals surface area contributed by atoms with E-state index < -0.39 is 5.41 Å². The van der Waals surface area contributed by atoms with E-state index >= 15 is 0 Å². The highest BCUT2D eigenvalue weighted by atomic mass is 15.1. The molecule has 1 aliphatic carbocycles. The van der Waals surface area contributed by atoms with E-state index in [0.29, 0.717) is 0 Å². The van der Waals surface area contributed by atoms with Crippen LogP contribution in [0.25, 0.3) is 88.0 Å². The van der Waals surface area contributed by atoms with Crippen molar-refractivity contribution in [3.05, 3.63) is 320 Å². The van der Waals surface area contributed by atoms with Crippen molar-refractivity contribution in [2.45, 2.75) is 5.41 Å². The summed E-state index contributed by atoms with van der Waals surface area (Å²) in [4.78, 5) is 2.46. The lowest BCUT2D eigenvalue weighted by molar-refractivity contribution is 0.768. The molecule has 0 aliphatic heterocycles. The predicted octanol–water partition coefficient (Wildman–Crippen LogP) is 19.6. The third-order valence-corrected chi connectivity index (χ3v) is 15.5. The van der Waals surface area contributed by atoms with Gasteiger partial charge in [-0.1, -0.05) is 249 Å². The summed E-state index contributed by atoms with van der Waals surface area (Å²) in [6, 6.07) is 110. The molecule has 13 aromatic rings. The Morgan fingerprint density at radius 2 is 0.689 bits per heavy atom. The largest absolute Gasteiger partial charge is 0.310 e. The fourth-order valence-electron chi connectivity index (χ4n) is 12.2. The van der Waals surface area contributed by atoms with E-state index in [1.165, 1.54) is 99.1 Å². The van der Waals surface area contributed by atoms with E-state index in [4.69, 9.17) is 0 Å². The average molecular weight is 940 g/mol. The Morgan fingerprint density at radius 1 is 0.230 bits per heavy atom. The van der Waals surface area contributed by atoms with Gasteiger partial charge in [-0.25, -0.2) is 0 Å². The number of benzene rings is 13. The Morgan fingerprint density at radius 3 is 1.39 bits per heavy atom. The van der Waals surface area contributed by atoms with Gasteiger partial charge in [-0.05, 0) is 159 Å². The summed E-state index contributed by atoms with van der Waals surface area (Å²) < 4.78 is 0. The van der Waals surface area contributed by atoms with Crippen molar-refractivity contribution in [2.24, 2.45) is 0 Å². The fourth-order valence-corrected chi connectivity index (χ4v) is 12.2. The first-order chi connectivity index (χ1) is 36.7.